The second-order valence-corrected chi connectivity index (χ2v) is 9.16. The lowest BCUT2D eigenvalue weighted by molar-refractivity contribution is -0.147. The third kappa shape index (κ3) is 7.70. The number of amides is 2. The molecular weight excluding hydrogens is 420 g/mol. The Kier molecular flexibility index (Phi) is 9.48. The molecule has 2 N–H and O–H groups in total. The van der Waals surface area contributed by atoms with Crippen molar-refractivity contribution in [2.45, 2.75) is 69.9 Å². The van der Waals surface area contributed by atoms with Crippen LogP contribution in [0.25, 0.3) is 0 Å². The van der Waals surface area contributed by atoms with E-state index in [1.807, 2.05) is 42.5 Å². The first-order chi connectivity index (χ1) is 16.0. The van der Waals surface area contributed by atoms with Crippen molar-refractivity contribution in [1.29, 1.82) is 0 Å². The highest BCUT2D eigenvalue weighted by Gasteiger charge is 2.38. The van der Waals surface area contributed by atoms with Gasteiger partial charge in [0.05, 0.1) is 18.1 Å². The van der Waals surface area contributed by atoms with Crippen molar-refractivity contribution in [3.63, 3.8) is 0 Å². The van der Waals surface area contributed by atoms with Crippen LogP contribution in [0.5, 0.6) is 0 Å². The summed E-state index contributed by atoms with van der Waals surface area (Å²) in [4.78, 5) is 40.2. The smallest absolute Gasteiger partial charge is 0.305 e. The zero-order valence-electron chi connectivity index (χ0n) is 19.3. The van der Waals surface area contributed by atoms with Crippen molar-refractivity contribution in [3.8, 4) is 0 Å². The second-order valence-electron chi connectivity index (χ2n) is 9.16. The van der Waals surface area contributed by atoms with Crippen LogP contribution in [-0.4, -0.2) is 53.1 Å². The Balaban J connectivity index is 1.73. The van der Waals surface area contributed by atoms with Crippen molar-refractivity contribution in [1.82, 2.24) is 10.2 Å². The molecule has 1 heterocycles. The lowest BCUT2D eigenvalue weighted by Gasteiger charge is -2.32. The summed E-state index contributed by atoms with van der Waals surface area (Å²) in [6.07, 6.45) is 9.73. The Labute approximate surface area is 196 Å². The molecule has 1 saturated carbocycles. The van der Waals surface area contributed by atoms with Gasteiger partial charge >= 0.3 is 5.97 Å². The molecule has 3 rings (SSSR count). The number of cyclic esters (lactones) is 1. The Morgan fingerprint density at radius 1 is 1.12 bits per heavy atom. The summed E-state index contributed by atoms with van der Waals surface area (Å²) in [5, 5.41) is 12.6. The highest BCUT2D eigenvalue weighted by atomic mass is 16.5. The van der Waals surface area contributed by atoms with Gasteiger partial charge < -0.3 is 20.1 Å². The lowest BCUT2D eigenvalue weighted by Crippen LogP contribution is -2.52. The first kappa shape index (κ1) is 25.0. The fraction of sp³-hybridized carbons (Fsp3) is 0.577. The fourth-order valence-electron chi connectivity index (χ4n) is 4.59. The third-order valence-electron chi connectivity index (χ3n) is 6.53. The van der Waals surface area contributed by atoms with Gasteiger partial charge in [-0.2, -0.15) is 0 Å². The maximum absolute atomic E-state index is 13.3. The molecule has 2 amide bonds. The van der Waals surface area contributed by atoms with Gasteiger partial charge in [0.1, 0.15) is 6.61 Å². The van der Waals surface area contributed by atoms with Crippen LogP contribution in [0.15, 0.2) is 42.5 Å². The third-order valence-corrected chi connectivity index (χ3v) is 6.53. The number of benzene rings is 1. The molecular formula is C26H36N2O5. The minimum Gasteiger partial charge on any atom is -0.463 e. The number of hydrogen-bond acceptors (Lipinski definition) is 5. The van der Waals surface area contributed by atoms with Crippen molar-refractivity contribution in [2.75, 3.05) is 19.8 Å². The maximum Gasteiger partial charge on any atom is 0.305 e. The summed E-state index contributed by atoms with van der Waals surface area (Å²) in [6.45, 7) is 0.669. The van der Waals surface area contributed by atoms with Gasteiger partial charge in [0.25, 0.3) is 0 Å². The standard InChI is InChI=1S/C26H36N2O5/c29-17-16-28(19-21-10-4-3-5-11-21)23(30)18-22-12-6-1-2-7-13-24(31)33-20-26(27-25(22)32)14-8-9-15-26/h1,3-6,10-11,22,29H,2,7-9,12-20H2,(H,27,32). The number of carbonyl (C=O) groups excluding carboxylic acids is 3. The zero-order valence-corrected chi connectivity index (χ0v) is 19.3. The molecule has 1 aromatic carbocycles. The summed E-state index contributed by atoms with van der Waals surface area (Å²) < 4.78 is 5.51. The molecule has 1 unspecified atom stereocenters. The van der Waals surface area contributed by atoms with Crippen molar-refractivity contribution >= 4 is 17.8 Å². The van der Waals surface area contributed by atoms with Gasteiger partial charge in [-0.05, 0) is 37.7 Å². The van der Waals surface area contributed by atoms with Crippen LogP contribution in [0.4, 0.5) is 0 Å². The number of aliphatic hydroxyl groups is 1. The number of carbonyl (C=O) groups is 3. The number of nitrogens with zero attached hydrogens (tertiary/aromatic N) is 1. The summed E-state index contributed by atoms with van der Waals surface area (Å²) in [6, 6.07) is 9.63. The summed E-state index contributed by atoms with van der Waals surface area (Å²) in [5.41, 5.74) is 0.436. The molecule has 0 radical (unpaired) electrons. The largest absolute Gasteiger partial charge is 0.463 e. The van der Waals surface area contributed by atoms with Gasteiger partial charge in [0.2, 0.25) is 11.8 Å². The van der Waals surface area contributed by atoms with E-state index in [0.717, 1.165) is 37.7 Å². The van der Waals surface area contributed by atoms with Gasteiger partial charge in [-0.15, -0.1) is 0 Å². The Morgan fingerprint density at radius 3 is 2.61 bits per heavy atom. The summed E-state index contributed by atoms with van der Waals surface area (Å²) in [5.74, 6) is -1.07. The number of rotatable bonds is 6. The van der Waals surface area contributed by atoms with E-state index in [1.165, 1.54) is 0 Å². The van der Waals surface area contributed by atoms with E-state index in [0.29, 0.717) is 25.8 Å². The van der Waals surface area contributed by atoms with E-state index in [1.54, 1.807) is 4.90 Å². The highest BCUT2D eigenvalue weighted by Crippen LogP contribution is 2.31. The number of hydrogen-bond donors (Lipinski definition) is 2. The Morgan fingerprint density at radius 2 is 1.88 bits per heavy atom. The molecule has 2 aliphatic rings. The normalized spacial score (nSPS) is 21.4. The maximum atomic E-state index is 13.3. The molecule has 7 heteroatoms. The molecule has 1 fully saturated rings. The molecule has 7 nitrogen and oxygen atoms in total. The molecule has 0 aromatic heterocycles. The first-order valence-corrected chi connectivity index (χ1v) is 12.1. The zero-order chi connectivity index (χ0) is 23.5. The van der Waals surface area contributed by atoms with E-state index in [2.05, 4.69) is 5.32 Å². The number of aliphatic hydroxyl groups excluding tert-OH is 1. The molecule has 0 saturated heterocycles. The number of allylic oxidation sites excluding steroid dienone is 2. The fourth-order valence-corrected chi connectivity index (χ4v) is 4.59. The van der Waals surface area contributed by atoms with Crippen molar-refractivity contribution in [3.05, 3.63) is 48.0 Å². The lowest BCUT2D eigenvalue weighted by atomic mass is 9.94. The Bertz CT molecular complexity index is 817. The van der Waals surface area contributed by atoms with Crippen LogP contribution in [0.1, 0.15) is 63.4 Å². The quantitative estimate of drug-likeness (QED) is 0.507. The molecule has 1 aliphatic heterocycles. The molecule has 1 spiro atoms. The number of nitrogens with one attached hydrogen (secondary N) is 1. The van der Waals surface area contributed by atoms with Crippen LogP contribution in [0, 0.1) is 5.92 Å². The number of esters is 1. The predicted molar refractivity (Wildman–Crippen MR) is 125 cm³/mol. The summed E-state index contributed by atoms with van der Waals surface area (Å²) >= 11 is 0. The average Bonchev–Trinajstić information content (AvgIpc) is 3.27. The molecule has 33 heavy (non-hydrogen) atoms. The topological polar surface area (TPSA) is 95.9 Å². The van der Waals surface area contributed by atoms with Crippen molar-refractivity contribution < 1.29 is 24.2 Å². The van der Waals surface area contributed by atoms with Crippen LogP contribution < -0.4 is 5.32 Å². The highest BCUT2D eigenvalue weighted by molar-refractivity contribution is 5.86. The predicted octanol–water partition coefficient (Wildman–Crippen LogP) is 3.12. The molecule has 0 bridgehead atoms. The van der Waals surface area contributed by atoms with Gasteiger partial charge in [-0.25, -0.2) is 0 Å². The van der Waals surface area contributed by atoms with E-state index in [9.17, 15) is 19.5 Å². The monoisotopic (exact) mass is 456 g/mol. The SMILES string of the molecule is O=C1CCCC=CCC(CC(=O)N(CCO)Cc2ccccc2)C(=O)NC2(CCCC2)CO1. The number of ether oxygens (including phenoxy) is 1. The second kappa shape index (κ2) is 12.5. The van der Waals surface area contributed by atoms with E-state index < -0.39 is 11.5 Å². The van der Waals surface area contributed by atoms with Crippen LogP contribution in [0.3, 0.4) is 0 Å². The van der Waals surface area contributed by atoms with Gasteiger partial charge in [0.15, 0.2) is 0 Å². The van der Waals surface area contributed by atoms with E-state index >= 15 is 0 Å². The van der Waals surface area contributed by atoms with Crippen LogP contribution in [-0.2, 0) is 25.7 Å². The Hall–Kier alpha value is -2.67. The van der Waals surface area contributed by atoms with Crippen LogP contribution in [0.2, 0.25) is 0 Å². The van der Waals surface area contributed by atoms with Gasteiger partial charge in [-0.3, -0.25) is 14.4 Å². The van der Waals surface area contributed by atoms with Crippen molar-refractivity contribution in [2.24, 2.45) is 5.92 Å². The minimum atomic E-state index is -0.541. The minimum absolute atomic E-state index is 0.0683. The summed E-state index contributed by atoms with van der Waals surface area (Å²) in [7, 11) is 0. The molecule has 1 aliphatic carbocycles. The molecule has 1 atom stereocenters. The van der Waals surface area contributed by atoms with E-state index in [4.69, 9.17) is 4.74 Å². The average molecular weight is 457 g/mol. The van der Waals surface area contributed by atoms with Gasteiger partial charge in [0, 0.05) is 25.9 Å². The molecule has 1 aromatic rings. The first-order valence-electron chi connectivity index (χ1n) is 12.1. The van der Waals surface area contributed by atoms with Gasteiger partial charge in [-0.1, -0.05) is 55.3 Å². The van der Waals surface area contributed by atoms with Crippen LogP contribution >= 0.6 is 0 Å². The van der Waals surface area contributed by atoms with E-state index in [-0.39, 0.29) is 44.0 Å². The molecule has 180 valence electrons.